The zero-order valence-electron chi connectivity index (χ0n) is 29.7. The van der Waals surface area contributed by atoms with Crippen LogP contribution >= 0.6 is 0 Å². The van der Waals surface area contributed by atoms with Crippen molar-refractivity contribution in [1.29, 1.82) is 0 Å². The van der Waals surface area contributed by atoms with Gasteiger partial charge in [-0.15, -0.1) is 0 Å². The van der Waals surface area contributed by atoms with E-state index in [4.69, 9.17) is 0 Å². The zero-order chi connectivity index (χ0) is 34.0. The lowest BCUT2D eigenvalue weighted by Gasteiger charge is -2.23. The van der Waals surface area contributed by atoms with Gasteiger partial charge in [0.05, 0.1) is 17.9 Å². The van der Waals surface area contributed by atoms with Crippen LogP contribution in [-0.4, -0.2) is 41.9 Å². The lowest BCUT2D eigenvalue weighted by Crippen LogP contribution is -2.47. The van der Waals surface area contributed by atoms with E-state index in [1.165, 1.54) is 96.3 Å². The molecule has 0 fully saturated rings. The zero-order valence-corrected chi connectivity index (χ0v) is 30.5. The van der Waals surface area contributed by atoms with Crippen molar-refractivity contribution in [3.8, 4) is 0 Å². The van der Waals surface area contributed by atoms with Crippen molar-refractivity contribution in [3.63, 3.8) is 0 Å². The second kappa shape index (κ2) is 33.2. The Hall–Kier alpha value is -1.70. The summed E-state index contributed by atoms with van der Waals surface area (Å²) in [5, 5.41) is 13.3. The maximum absolute atomic E-state index is 12.4. The van der Waals surface area contributed by atoms with Crippen LogP contribution in [0.25, 0.3) is 0 Å². The monoisotopic (exact) mass is 666 g/mol. The minimum absolute atomic E-state index is 0.197. The van der Waals surface area contributed by atoms with E-state index in [-0.39, 0.29) is 12.3 Å². The molecule has 0 aromatic carbocycles. The van der Waals surface area contributed by atoms with Gasteiger partial charge in [-0.25, -0.2) is 0 Å². The van der Waals surface area contributed by atoms with Crippen LogP contribution in [0.1, 0.15) is 174 Å². The van der Waals surface area contributed by atoms with Crippen molar-refractivity contribution in [1.82, 2.24) is 5.32 Å². The molecule has 46 heavy (non-hydrogen) atoms. The fourth-order valence-electron chi connectivity index (χ4n) is 5.52. The molecule has 0 radical (unpaired) electrons. The molecule has 0 saturated heterocycles. The van der Waals surface area contributed by atoms with Crippen molar-refractivity contribution in [3.05, 3.63) is 48.6 Å². The summed E-state index contributed by atoms with van der Waals surface area (Å²) in [6.07, 6.45) is 43.6. The molecule has 0 rings (SSSR count). The Morgan fingerprint density at radius 2 is 1.00 bits per heavy atom. The van der Waals surface area contributed by atoms with Gasteiger partial charge in [0.15, 0.2) is 0 Å². The number of amides is 1. The Kier molecular flexibility index (Phi) is 32.0. The first-order valence-electron chi connectivity index (χ1n) is 18.8. The number of hydrogen-bond acceptors (Lipinski definition) is 4. The molecule has 0 aliphatic rings. The molecule has 0 spiro atoms. The Labute approximate surface area is 284 Å². The summed E-state index contributed by atoms with van der Waals surface area (Å²) in [4.78, 5) is 12.4. The quantitative estimate of drug-likeness (QED) is 0.0368. The maximum Gasteiger partial charge on any atom is 0.266 e. The van der Waals surface area contributed by atoms with Gasteiger partial charge >= 0.3 is 0 Å². The van der Waals surface area contributed by atoms with Crippen molar-refractivity contribution in [2.24, 2.45) is 0 Å². The summed E-state index contributed by atoms with van der Waals surface area (Å²) in [6, 6.07) is -1.01. The second-order valence-corrected chi connectivity index (χ2v) is 14.3. The molecule has 3 N–H and O–H groups in total. The molecule has 7 heteroatoms. The highest BCUT2D eigenvalue weighted by Crippen LogP contribution is 2.16. The van der Waals surface area contributed by atoms with Crippen LogP contribution in [0.2, 0.25) is 0 Å². The predicted octanol–water partition coefficient (Wildman–Crippen LogP) is 10.7. The van der Waals surface area contributed by atoms with E-state index in [9.17, 15) is 22.9 Å². The molecule has 6 nitrogen and oxygen atoms in total. The molecule has 0 heterocycles. The van der Waals surface area contributed by atoms with Gasteiger partial charge < -0.3 is 10.4 Å². The topological polar surface area (TPSA) is 104 Å². The molecule has 0 aliphatic heterocycles. The van der Waals surface area contributed by atoms with Crippen LogP contribution < -0.4 is 5.32 Å². The summed E-state index contributed by atoms with van der Waals surface area (Å²) in [5.74, 6) is -1.00. The van der Waals surface area contributed by atoms with Crippen molar-refractivity contribution in [2.75, 3.05) is 5.75 Å². The third-order valence-electron chi connectivity index (χ3n) is 8.31. The maximum atomic E-state index is 12.4. The molecule has 0 aromatic rings. The van der Waals surface area contributed by atoms with E-state index in [0.717, 1.165) is 44.9 Å². The molecular weight excluding hydrogens is 594 g/mol. The molecular formula is C39H71NO5S. The van der Waals surface area contributed by atoms with Crippen LogP contribution in [0.5, 0.6) is 0 Å². The minimum Gasteiger partial charge on any atom is -0.391 e. The lowest BCUT2D eigenvalue weighted by molar-refractivity contribution is -0.122. The third kappa shape index (κ3) is 33.7. The summed E-state index contributed by atoms with van der Waals surface area (Å²) >= 11 is 0. The summed E-state index contributed by atoms with van der Waals surface area (Å²) in [7, 11) is -4.33. The van der Waals surface area contributed by atoms with Gasteiger partial charge in [0, 0.05) is 6.42 Å². The van der Waals surface area contributed by atoms with Gasteiger partial charge in [-0.05, 0) is 38.5 Å². The molecule has 0 aliphatic carbocycles. The van der Waals surface area contributed by atoms with Crippen molar-refractivity contribution in [2.45, 2.75) is 187 Å². The Balaban J connectivity index is 3.98. The molecule has 2 atom stereocenters. The fourth-order valence-corrected chi connectivity index (χ4v) is 6.28. The number of carbonyl (C=O) groups is 1. The summed E-state index contributed by atoms with van der Waals surface area (Å²) < 4.78 is 32.4. The lowest BCUT2D eigenvalue weighted by atomic mass is 10.0. The van der Waals surface area contributed by atoms with Crippen LogP contribution in [0.4, 0.5) is 0 Å². The number of aliphatic hydroxyl groups excluding tert-OH is 1. The number of nitrogens with one attached hydrogen (secondary N) is 1. The molecule has 0 aromatic heterocycles. The first kappa shape index (κ1) is 44.3. The van der Waals surface area contributed by atoms with Crippen molar-refractivity contribution < 1.29 is 22.9 Å². The van der Waals surface area contributed by atoms with E-state index in [1.54, 1.807) is 0 Å². The molecule has 0 bridgehead atoms. The average Bonchev–Trinajstić information content (AvgIpc) is 3.01. The van der Waals surface area contributed by atoms with E-state index < -0.39 is 28.0 Å². The van der Waals surface area contributed by atoms with Crippen LogP contribution in [0, 0.1) is 0 Å². The highest BCUT2D eigenvalue weighted by molar-refractivity contribution is 7.85. The number of unbranched alkanes of at least 4 members (excludes halogenated alkanes) is 17. The van der Waals surface area contributed by atoms with E-state index in [2.05, 4.69) is 55.6 Å². The Morgan fingerprint density at radius 3 is 1.41 bits per heavy atom. The van der Waals surface area contributed by atoms with Gasteiger partial charge in [0.1, 0.15) is 0 Å². The highest BCUT2D eigenvalue weighted by Gasteiger charge is 2.25. The van der Waals surface area contributed by atoms with Gasteiger partial charge in [-0.2, -0.15) is 8.42 Å². The number of rotatable bonds is 33. The Morgan fingerprint density at radius 1 is 0.609 bits per heavy atom. The predicted molar refractivity (Wildman–Crippen MR) is 198 cm³/mol. The molecule has 0 saturated carbocycles. The fraction of sp³-hybridized carbons (Fsp3) is 0.769. The van der Waals surface area contributed by atoms with Gasteiger partial charge in [-0.3, -0.25) is 9.35 Å². The van der Waals surface area contributed by atoms with Gasteiger partial charge in [0.2, 0.25) is 5.91 Å². The first-order valence-corrected chi connectivity index (χ1v) is 20.4. The number of aliphatic hydroxyl groups is 1. The van der Waals surface area contributed by atoms with E-state index >= 15 is 0 Å². The van der Waals surface area contributed by atoms with Crippen LogP contribution in [0.15, 0.2) is 48.6 Å². The number of hydrogen-bond donors (Lipinski definition) is 3. The average molecular weight is 666 g/mol. The van der Waals surface area contributed by atoms with Crippen LogP contribution in [0.3, 0.4) is 0 Å². The van der Waals surface area contributed by atoms with Gasteiger partial charge in [-0.1, -0.05) is 178 Å². The van der Waals surface area contributed by atoms with E-state index in [0.29, 0.717) is 12.8 Å². The van der Waals surface area contributed by atoms with E-state index in [1.807, 2.05) is 12.2 Å². The number of carbonyl (C=O) groups excluding carboxylic acids is 1. The van der Waals surface area contributed by atoms with Gasteiger partial charge in [0.25, 0.3) is 10.1 Å². The molecule has 268 valence electrons. The molecule has 2 unspecified atom stereocenters. The minimum atomic E-state index is -4.33. The second-order valence-electron chi connectivity index (χ2n) is 12.8. The SMILES string of the molecule is CC/C=C\C/C=C\C/C=C\C/C=C\CCC(=O)NC(CS(=O)(=O)O)C(O)CCCCCCCCCCCCCCCCCCCC. The first-order chi connectivity index (χ1) is 22.3. The standard InChI is InChI=1S/C39H71NO5S/c1-3-5-7-9-11-13-15-17-18-19-20-21-23-24-26-28-30-32-34-38(41)37(36-46(43,44)45)40-39(42)35-33-31-29-27-25-22-16-14-12-10-8-6-4-2/h6,8,12,14,22,25,29,31,37-38,41H,3-5,7,9-11,13,15-21,23-24,26-28,30,32-36H2,1-2H3,(H,40,42)(H,43,44,45)/b8-6-,14-12-,25-22-,31-29-. The third-order valence-corrected chi connectivity index (χ3v) is 9.09. The molecule has 1 amide bonds. The van der Waals surface area contributed by atoms with Crippen molar-refractivity contribution >= 4 is 16.0 Å². The largest absolute Gasteiger partial charge is 0.391 e. The summed E-state index contributed by atoms with van der Waals surface area (Å²) in [6.45, 7) is 4.39. The highest BCUT2D eigenvalue weighted by atomic mass is 32.2. The Bertz CT molecular complexity index is 909. The number of allylic oxidation sites excluding steroid dienone is 8. The summed E-state index contributed by atoms with van der Waals surface area (Å²) in [5.41, 5.74) is 0. The smallest absolute Gasteiger partial charge is 0.266 e. The normalized spacial score (nSPS) is 13.9. The van der Waals surface area contributed by atoms with Crippen LogP contribution in [-0.2, 0) is 14.9 Å².